The first kappa shape index (κ1) is 15.0. The van der Waals surface area contributed by atoms with Crippen LogP contribution in [0.25, 0.3) is 0 Å². The molecule has 0 bridgehead atoms. The summed E-state index contributed by atoms with van der Waals surface area (Å²) in [5.41, 5.74) is 0.508. The summed E-state index contributed by atoms with van der Waals surface area (Å²) in [4.78, 5) is 33.6. The van der Waals surface area contributed by atoms with E-state index in [0.717, 1.165) is 6.42 Å². The van der Waals surface area contributed by atoms with Gasteiger partial charge in [0, 0.05) is 6.07 Å². The molecule has 112 valence electrons. The van der Waals surface area contributed by atoms with Gasteiger partial charge in [-0.3, -0.25) is 19.7 Å². The van der Waals surface area contributed by atoms with Crippen molar-refractivity contribution in [3.8, 4) is 0 Å². The molecule has 1 aliphatic rings. The lowest BCUT2D eigenvalue weighted by Gasteiger charge is -2.09. The smallest absolute Gasteiger partial charge is 0.309 e. The number of hydrogen-bond acceptors (Lipinski definition) is 5. The SMILES string of the molecule is Cc1cccc([N+](=O)[O-])c1NC(=O)COC(=O)[C@H]1C[C@@H]1C. The number of amides is 1. The Morgan fingerprint density at radius 2 is 2.14 bits per heavy atom. The highest BCUT2D eigenvalue weighted by atomic mass is 16.6. The van der Waals surface area contributed by atoms with Gasteiger partial charge in [0.25, 0.3) is 11.6 Å². The maximum absolute atomic E-state index is 11.8. The van der Waals surface area contributed by atoms with Gasteiger partial charge in [-0.1, -0.05) is 19.1 Å². The third-order valence-electron chi connectivity index (χ3n) is 3.47. The zero-order valence-electron chi connectivity index (χ0n) is 11.8. The van der Waals surface area contributed by atoms with E-state index in [1.807, 2.05) is 6.92 Å². The number of rotatable bonds is 5. The molecule has 7 nitrogen and oxygen atoms in total. The molecule has 0 spiro atoms. The van der Waals surface area contributed by atoms with Crippen molar-refractivity contribution >= 4 is 23.3 Å². The van der Waals surface area contributed by atoms with E-state index in [0.29, 0.717) is 11.5 Å². The number of nitrogens with zero attached hydrogens (tertiary/aromatic N) is 1. The molecule has 1 aromatic carbocycles. The van der Waals surface area contributed by atoms with Crippen molar-refractivity contribution in [1.29, 1.82) is 0 Å². The fourth-order valence-electron chi connectivity index (χ4n) is 2.04. The third kappa shape index (κ3) is 3.56. The third-order valence-corrected chi connectivity index (χ3v) is 3.47. The molecule has 0 radical (unpaired) electrons. The van der Waals surface area contributed by atoms with Crippen LogP contribution in [-0.2, 0) is 14.3 Å². The number of anilines is 1. The van der Waals surface area contributed by atoms with Gasteiger partial charge >= 0.3 is 5.97 Å². The zero-order valence-corrected chi connectivity index (χ0v) is 11.8. The number of nitro groups is 1. The average Bonchev–Trinajstić information content (AvgIpc) is 3.15. The lowest BCUT2D eigenvalue weighted by molar-refractivity contribution is -0.384. The summed E-state index contributed by atoms with van der Waals surface area (Å²) in [5, 5.41) is 13.4. The van der Waals surface area contributed by atoms with Crippen LogP contribution in [0.15, 0.2) is 18.2 Å². The number of benzene rings is 1. The highest BCUT2D eigenvalue weighted by molar-refractivity contribution is 5.95. The van der Waals surface area contributed by atoms with Gasteiger partial charge in [0.1, 0.15) is 5.69 Å². The molecule has 1 aliphatic carbocycles. The standard InChI is InChI=1S/C14H16N2O5/c1-8-4-3-5-11(16(19)20)13(8)15-12(17)7-21-14(18)10-6-9(10)2/h3-5,9-10H,6-7H2,1-2H3,(H,15,17)/t9-,10-/m0/s1. The van der Waals surface area contributed by atoms with E-state index in [9.17, 15) is 19.7 Å². The van der Waals surface area contributed by atoms with Gasteiger partial charge in [0.15, 0.2) is 6.61 Å². The number of carbonyl (C=O) groups is 2. The molecule has 1 aromatic rings. The Hall–Kier alpha value is -2.44. The van der Waals surface area contributed by atoms with Crippen LogP contribution >= 0.6 is 0 Å². The summed E-state index contributed by atoms with van der Waals surface area (Å²) in [6.07, 6.45) is 0.781. The Morgan fingerprint density at radius 1 is 1.48 bits per heavy atom. The lowest BCUT2D eigenvalue weighted by atomic mass is 10.1. The zero-order chi connectivity index (χ0) is 15.6. The highest BCUT2D eigenvalue weighted by Gasteiger charge is 2.40. The van der Waals surface area contributed by atoms with Crippen molar-refractivity contribution in [1.82, 2.24) is 0 Å². The fourth-order valence-corrected chi connectivity index (χ4v) is 2.04. The Bertz CT molecular complexity index is 599. The van der Waals surface area contributed by atoms with E-state index in [2.05, 4.69) is 5.32 Å². The number of aryl methyl sites for hydroxylation is 1. The predicted octanol–water partition coefficient (Wildman–Crippen LogP) is 2.04. The van der Waals surface area contributed by atoms with Crippen molar-refractivity contribution in [3.05, 3.63) is 33.9 Å². The van der Waals surface area contributed by atoms with Crippen LogP contribution in [0.2, 0.25) is 0 Å². The molecule has 0 unspecified atom stereocenters. The maximum atomic E-state index is 11.8. The van der Waals surface area contributed by atoms with Gasteiger partial charge in [0.05, 0.1) is 10.8 Å². The fraction of sp³-hybridized carbons (Fsp3) is 0.429. The van der Waals surface area contributed by atoms with Gasteiger partial charge in [-0.15, -0.1) is 0 Å². The van der Waals surface area contributed by atoms with E-state index < -0.39 is 23.4 Å². The first-order valence-electron chi connectivity index (χ1n) is 6.60. The minimum absolute atomic E-state index is 0.120. The van der Waals surface area contributed by atoms with E-state index in [1.54, 1.807) is 13.0 Å². The molecule has 21 heavy (non-hydrogen) atoms. The number of esters is 1. The van der Waals surface area contributed by atoms with Gasteiger partial charge in [-0.2, -0.15) is 0 Å². The Kier molecular flexibility index (Phi) is 4.21. The molecule has 2 atom stereocenters. The number of nitrogens with one attached hydrogen (secondary N) is 1. The first-order valence-corrected chi connectivity index (χ1v) is 6.60. The second-order valence-corrected chi connectivity index (χ2v) is 5.20. The van der Waals surface area contributed by atoms with Crippen LogP contribution in [0.4, 0.5) is 11.4 Å². The van der Waals surface area contributed by atoms with Crippen LogP contribution in [0.3, 0.4) is 0 Å². The van der Waals surface area contributed by atoms with Gasteiger partial charge in [-0.05, 0) is 24.8 Å². The molecule has 0 saturated heterocycles. The van der Waals surface area contributed by atoms with E-state index in [4.69, 9.17) is 4.74 Å². The quantitative estimate of drug-likeness (QED) is 0.508. The normalized spacial score (nSPS) is 19.7. The molecule has 1 saturated carbocycles. The Morgan fingerprint density at radius 3 is 2.71 bits per heavy atom. The van der Waals surface area contributed by atoms with Crippen molar-refractivity contribution < 1.29 is 19.2 Å². The second-order valence-electron chi connectivity index (χ2n) is 5.20. The molecule has 1 N–H and O–H groups in total. The van der Waals surface area contributed by atoms with Gasteiger partial charge in [-0.25, -0.2) is 0 Å². The van der Waals surface area contributed by atoms with Crippen molar-refractivity contribution in [2.45, 2.75) is 20.3 Å². The summed E-state index contributed by atoms with van der Waals surface area (Å²) < 4.78 is 4.89. The molecule has 2 rings (SSSR count). The van der Waals surface area contributed by atoms with Crippen molar-refractivity contribution in [2.75, 3.05) is 11.9 Å². The summed E-state index contributed by atoms with van der Waals surface area (Å²) in [6.45, 7) is 3.15. The monoisotopic (exact) mass is 292 g/mol. The first-order chi connectivity index (χ1) is 9.90. The van der Waals surface area contributed by atoms with Crippen LogP contribution in [0.5, 0.6) is 0 Å². The van der Waals surface area contributed by atoms with E-state index >= 15 is 0 Å². The highest BCUT2D eigenvalue weighted by Crippen LogP contribution is 2.38. The lowest BCUT2D eigenvalue weighted by Crippen LogP contribution is -2.22. The summed E-state index contributed by atoms with van der Waals surface area (Å²) in [6, 6.07) is 4.50. The van der Waals surface area contributed by atoms with Crippen LogP contribution < -0.4 is 5.32 Å². The Labute approximate surface area is 121 Å². The summed E-state index contributed by atoms with van der Waals surface area (Å²) in [5.74, 6) is -0.797. The minimum atomic E-state index is -0.589. The molecule has 7 heteroatoms. The van der Waals surface area contributed by atoms with Crippen LogP contribution in [0.1, 0.15) is 18.9 Å². The van der Waals surface area contributed by atoms with Gasteiger partial charge in [0.2, 0.25) is 0 Å². The molecular weight excluding hydrogens is 276 g/mol. The second kappa shape index (κ2) is 5.90. The topological polar surface area (TPSA) is 98.5 Å². The van der Waals surface area contributed by atoms with E-state index in [-0.39, 0.29) is 17.3 Å². The minimum Gasteiger partial charge on any atom is -0.455 e. The van der Waals surface area contributed by atoms with Crippen LogP contribution in [-0.4, -0.2) is 23.4 Å². The number of para-hydroxylation sites is 1. The summed E-state index contributed by atoms with van der Waals surface area (Å²) in [7, 11) is 0. The molecule has 0 aliphatic heterocycles. The molecular formula is C14H16N2O5. The maximum Gasteiger partial charge on any atom is 0.309 e. The predicted molar refractivity (Wildman–Crippen MR) is 74.7 cm³/mol. The summed E-state index contributed by atoms with van der Waals surface area (Å²) >= 11 is 0. The molecule has 1 fully saturated rings. The van der Waals surface area contributed by atoms with Crippen LogP contribution in [0, 0.1) is 28.9 Å². The number of ether oxygens (including phenoxy) is 1. The van der Waals surface area contributed by atoms with Crippen molar-refractivity contribution in [3.63, 3.8) is 0 Å². The van der Waals surface area contributed by atoms with E-state index in [1.165, 1.54) is 12.1 Å². The number of hydrogen-bond donors (Lipinski definition) is 1. The molecule has 1 amide bonds. The number of carbonyl (C=O) groups excluding carboxylic acids is 2. The molecule has 0 heterocycles. The van der Waals surface area contributed by atoms with Gasteiger partial charge < -0.3 is 10.1 Å². The number of nitro benzene ring substituents is 1. The molecule has 0 aromatic heterocycles. The van der Waals surface area contributed by atoms with Crippen molar-refractivity contribution in [2.24, 2.45) is 11.8 Å². The largest absolute Gasteiger partial charge is 0.455 e. The Balaban J connectivity index is 1.96. The average molecular weight is 292 g/mol.